The van der Waals surface area contributed by atoms with Gasteiger partial charge < -0.3 is 15.2 Å². The lowest BCUT2D eigenvalue weighted by Crippen LogP contribution is -2.39. The number of halogens is 3. The maximum absolute atomic E-state index is 6.17. The number of hydrogen-bond donors (Lipinski definition) is 2. The summed E-state index contributed by atoms with van der Waals surface area (Å²) in [5, 5.41) is 7.96. The zero-order valence-electron chi connectivity index (χ0n) is 13.5. The first-order valence-electron chi connectivity index (χ1n) is 7.53. The Balaban J connectivity index is 0.00000288. The van der Waals surface area contributed by atoms with Gasteiger partial charge in [0.2, 0.25) is 0 Å². The molecule has 132 valence electrons. The molecule has 0 spiro atoms. The SMILES string of the molecule is CN=C(NCCCc1ccc(Cl)cc1Cl)NCCn1ccnc1.I. The Morgan fingerprint density at radius 1 is 1.25 bits per heavy atom. The summed E-state index contributed by atoms with van der Waals surface area (Å²) in [5.74, 6) is 0.798. The van der Waals surface area contributed by atoms with E-state index in [0.717, 1.165) is 49.0 Å². The first-order valence-corrected chi connectivity index (χ1v) is 8.29. The predicted octanol–water partition coefficient (Wildman–Crippen LogP) is 3.61. The van der Waals surface area contributed by atoms with E-state index in [1.807, 2.05) is 22.9 Å². The highest BCUT2D eigenvalue weighted by molar-refractivity contribution is 14.0. The summed E-state index contributed by atoms with van der Waals surface area (Å²) in [4.78, 5) is 8.22. The molecule has 0 aliphatic carbocycles. The van der Waals surface area contributed by atoms with Crippen molar-refractivity contribution in [2.24, 2.45) is 4.99 Å². The third kappa shape index (κ3) is 7.27. The van der Waals surface area contributed by atoms with E-state index >= 15 is 0 Å². The van der Waals surface area contributed by atoms with Crippen LogP contribution in [0.5, 0.6) is 0 Å². The van der Waals surface area contributed by atoms with Crippen molar-refractivity contribution in [3.8, 4) is 0 Å². The van der Waals surface area contributed by atoms with Gasteiger partial charge >= 0.3 is 0 Å². The fourth-order valence-electron chi connectivity index (χ4n) is 2.15. The summed E-state index contributed by atoms with van der Waals surface area (Å²) in [6.45, 7) is 2.46. The lowest BCUT2D eigenvalue weighted by atomic mass is 10.1. The van der Waals surface area contributed by atoms with Crippen LogP contribution in [-0.4, -0.2) is 35.6 Å². The van der Waals surface area contributed by atoms with Gasteiger partial charge in [-0.1, -0.05) is 29.3 Å². The first kappa shape index (κ1) is 21.1. The van der Waals surface area contributed by atoms with E-state index in [4.69, 9.17) is 23.2 Å². The van der Waals surface area contributed by atoms with Gasteiger partial charge in [0.1, 0.15) is 0 Å². The maximum Gasteiger partial charge on any atom is 0.191 e. The summed E-state index contributed by atoms with van der Waals surface area (Å²) in [6, 6.07) is 5.62. The molecule has 0 unspecified atom stereocenters. The maximum atomic E-state index is 6.17. The van der Waals surface area contributed by atoms with Gasteiger partial charge in [0.05, 0.1) is 6.33 Å². The van der Waals surface area contributed by atoms with Gasteiger partial charge in [0, 0.05) is 49.1 Å². The summed E-state index contributed by atoms with van der Waals surface area (Å²) < 4.78 is 2.02. The molecular weight excluding hydrogens is 460 g/mol. The Morgan fingerprint density at radius 2 is 2.04 bits per heavy atom. The van der Waals surface area contributed by atoms with Gasteiger partial charge in [0.15, 0.2) is 5.96 Å². The number of aromatic nitrogens is 2. The molecule has 0 radical (unpaired) electrons. The third-order valence-corrected chi connectivity index (χ3v) is 3.96. The van der Waals surface area contributed by atoms with Gasteiger partial charge in [-0.3, -0.25) is 4.99 Å². The molecule has 8 heteroatoms. The third-order valence-electron chi connectivity index (χ3n) is 3.38. The Kier molecular flexibility index (Phi) is 10.1. The van der Waals surface area contributed by atoms with Gasteiger partial charge in [-0.2, -0.15) is 0 Å². The highest BCUT2D eigenvalue weighted by Crippen LogP contribution is 2.21. The second kappa shape index (κ2) is 11.5. The smallest absolute Gasteiger partial charge is 0.191 e. The summed E-state index contributed by atoms with van der Waals surface area (Å²) in [6.07, 6.45) is 7.37. The largest absolute Gasteiger partial charge is 0.356 e. The highest BCUT2D eigenvalue weighted by Gasteiger charge is 2.02. The number of rotatable bonds is 7. The van der Waals surface area contributed by atoms with Crippen LogP contribution in [0.3, 0.4) is 0 Å². The van der Waals surface area contributed by atoms with Crippen molar-refractivity contribution in [3.05, 3.63) is 52.5 Å². The van der Waals surface area contributed by atoms with Crippen molar-refractivity contribution in [2.45, 2.75) is 19.4 Å². The number of aryl methyl sites for hydroxylation is 1. The van der Waals surface area contributed by atoms with E-state index in [0.29, 0.717) is 5.02 Å². The van der Waals surface area contributed by atoms with E-state index < -0.39 is 0 Å². The second-order valence-electron chi connectivity index (χ2n) is 5.07. The zero-order chi connectivity index (χ0) is 16.5. The van der Waals surface area contributed by atoms with Gasteiger partial charge in [0.25, 0.3) is 0 Å². The number of guanidine groups is 1. The number of nitrogens with one attached hydrogen (secondary N) is 2. The summed E-state index contributed by atoms with van der Waals surface area (Å²) in [7, 11) is 1.77. The second-order valence-corrected chi connectivity index (χ2v) is 5.91. The molecule has 0 aliphatic heterocycles. The molecule has 2 aromatic rings. The first-order chi connectivity index (χ1) is 11.2. The average molecular weight is 482 g/mol. The normalized spacial score (nSPS) is 11.0. The van der Waals surface area contributed by atoms with Crippen molar-refractivity contribution in [3.63, 3.8) is 0 Å². The minimum absolute atomic E-state index is 0. The average Bonchev–Trinajstić information content (AvgIpc) is 3.04. The van der Waals surface area contributed by atoms with Crippen LogP contribution in [0.4, 0.5) is 0 Å². The molecule has 2 N–H and O–H groups in total. The number of hydrogen-bond acceptors (Lipinski definition) is 2. The van der Waals surface area contributed by atoms with Crippen LogP contribution in [0, 0.1) is 0 Å². The molecule has 1 aromatic carbocycles. The number of nitrogens with zero attached hydrogens (tertiary/aromatic N) is 3. The summed E-state index contributed by atoms with van der Waals surface area (Å²) >= 11 is 12.1. The van der Waals surface area contributed by atoms with Crippen molar-refractivity contribution < 1.29 is 0 Å². The molecule has 0 saturated heterocycles. The molecule has 0 amide bonds. The van der Waals surface area contributed by atoms with Gasteiger partial charge in [-0.25, -0.2) is 4.98 Å². The van der Waals surface area contributed by atoms with Gasteiger partial charge in [-0.05, 0) is 30.5 Å². The standard InChI is InChI=1S/C16H21Cl2N5.HI/c1-19-16(22-8-10-23-9-7-20-12-23)21-6-2-3-13-4-5-14(17)11-15(13)18;/h4-5,7,9,11-12H,2-3,6,8,10H2,1H3,(H2,19,21,22);1H. The molecule has 5 nitrogen and oxygen atoms in total. The molecular formula is C16H22Cl2IN5. The van der Waals surface area contributed by atoms with Crippen LogP contribution in [0.2, 0.25) is 10.0 Å². The quantitative estimate of drug-likeness (QED) is 0.275. The Hall–Kier alpha value is -0.990. The van der Waals surface area contributed by atoms with Crippen LogP contribution in [0.25, 0.3) is 0 Å². The van der Waals surface area contributed by atoms with Crippen LogP contribution in [0.15, 0.2) is 41.9 Å². The predicted molar refractivity (Wildman–Crippen MR) is 112 cm³/mol. The van der Waals surface area contributed by atoms with Crippen LogP contribution >= 0.6 is 47.2 Å². The van der Waals surface area contributed by atoms with Crippen molar-refractivity contribution in [1.29, 1.82) is 0 Å². The molecule has 0 aliphatic rings. The Bertz CT molecular complexity index is 631. The molecule has 0 atom stereocenters. The minimum atomic E-state index is 0. The molecule has 2 rings (SSSR count). The molecule has 0 bridgehead atoms. The zero-order valence-corrected chi connectivity index (χ0v) is 17.3. The fourth-order valence-corrected chi connectivity index (χ4v) is 2.66. The van der Waals surface area contributed by atoms with Crippen LogP contribution < -0.4 is 10.6 Å². The number of aliphatic imine (C=N–C) groups is 1. The van der Waals surface area contributed by atoms with Gasteiger partial charge in [-0.15, -0.1) is 24.0 Å². The molecule has 1 heterocycles. The Labute approximate surface area is 169 Å². The fraction of sp³-hybridized carbons (Fsp3) is 0.375. The minimum Gasteiger partial charge on any atom is -0.356 e. The van der Waals surface area contributed by atoms with Crippen molar-refractivity contribution in [1.82, 2.24) is 20.2 Å². The van der Waals surface area contributed by atoms with Crippen molar-refractivity contribution >= 4 is 53.1 Å². The molecule has 0 saturated carbocycles. The van der Waals surface area contributed by atoms with E-state index in [9.17, 15) is 0 Å². The van der Waals surface area contributed by atoms with E-state index in [-0.39, 0.29) is 24.0 Å². The topological polar surface area (TPSA) is 54.2 Å². The molecule has 0 fully saturated rings. The summed E-state index contributed by atoms with van der Waals surface area (Å²) in [5.41, 5.74) is 1.11. The van der Waals surface area contributed by atoms with E-state index in [1.165, 1.54) is 0 Å². The van der Waals surface area contributed by atoms with E-state index in [2.05, 4.69) is 20.6 Å². The monoisotopic (exact) mass is 481 g/mol. The van der Waals surface area contributed by atoms with Crippen molar-refractivity contribution in [2.75, 3.05) is 20.1 Å². The van der Waals surface area contributed by atoms with Crippen LogP contribution in [-0.2, 0) is 13.0 Å². The van der Waals surface area contributed by atoms with Crippen LogP contribution in [0.1, 0.15) is 12.0 Å². The number of imidazole rings is 1. The number of benzene rings is 1. The molecule has 24 heavy (non-hydrogen) atoms. The highest BCUT2D eigenvalue weighted by atomic mass is 127. The Morgan fingerprint density at radius 3 is 2.71 bits per heavy atom. The molecule has 1 aromatic heterocycles. The lowest BCUT2D eigenvalue weighted by molar-refractivity contribution is 0.657. The lowest BCUT2D eigenvalue weighted by Gasteiger charge is -2.12. The van der Waals surface area contributed by atoms with E-state index in [1.54, 1.807) is 25.6 Å².